The third-order valence-corrected chi connectivity index (χ3v) is 3.42. The van der Waals surface area contributed by atoms with Crippen LogP contribution in [0.3, 0.4) is 0 Å². The van der Waals surface area contributed by atoms with Gasteiger partial charge in [-0.2, -0.15) is 0 Å². The Balaban J connectivity index is 2.28. The summed E-state index contributed by atoms with van der Waals surface area (Å²) in [5.74, 6) is -1.78. The summed E-state index contributed by atoms with van der Waals surface area (Å²) in [4.78, 5) is 30.5. The predicted molar refractivity (Wildman–Crippen MR) is 75.8 cm³/mol. The van der Waals surface area contributed by atoms with E-state index < -0.39 is 11.9 Å². The van der Waals surface area contributed by atoms with Crippen molar-refractivity contribution in [1.82, 2.24) is 9.97 Å². The Morgan fingerprint density at radius 3 is 2.60 bits per heavy atom. The molecule has 2 N–H and O–H groups in total. The van der Waals surface area contributed by atoms with E-state index in [9.17, 15) is 9.59 Å². The van der Waals surface area contributed by atoms with E-state index >= 15 is 0 Å². The van der Waals surface area contributed by atoms with Gasteiger partial charge in [0.05, 0.1) is 0 Å². The number of anilines is 1. The molecule has 0 bridgehead atoms. The van der Waals surface area contributed by atoms with Crippen LogP contribution >= 0.6 is 15.9 Å². The smallest absolute Gasteiger partial charge is 0.358 e. The molecule has 0 spiro atoms. The molecule has 0 aliphatic rings. The van der Waals surface area contributed by atoms with Crippen molar-refractivity contribution in [3.05, 3.63) is 51.9 Å². The quantitative estimate of drug-likeness (QED) is 0.898. The number of benzene rings is 1. The van der Waals surface area contributed by atoms with Crippen molar-refractivity contribution in [2.75, 3.05) is 5.32 Å². The Bertz CT molecular complexity index is 688. The number of carbonyl (C=O) groups is 2. The normalized spacial score (nSPS) is 10.1. The number of halogens is 1. The van der Waals surface area contributed by atoms with Gasteiger partial charge in [0.15, 0.2) is 11.5 Å². The first kappa shape index (κ1) is 14.1. The molecule has 1 amide bonds. The summed E-state index contributed by atoms with van der Waals surface area (Å²) >= 11 is 3.34. The van der Waals surface area contributed by atoms with Crippen LogP contribution in [-0.4, -0.2) is 27.0 Å². The standard InChI is InChI=1S/C13H10BrN3O3/c1-7-2-3-8(6-9(7)14)12(18)17-11-10(13(19)20)15-4-5-16-11/h2-6H,1H3,(H,19,20)(H,16,17,18). The van der Waals surface area contributed by atoms with E-state index in [2.05, 4.69) is 31.2 Å². The molecule has 6 nitrogen and oxygen atoms in total. The Hall–Kier alpha value is -2.28. The minimum atomic E-state index is -1.25. The molecule has 2 aromatic rings. The number of carbonyl (C=O) groups excluding carboxylic acids is 1. The van der Waals surface area contributed by atoms with E-state index in [0.29, 0.717) is 5.56 Å². The molecule has 1 aromatic heterocycles. The Morgan fingerprint density at radius 1 is 1.25 bits per heavy atom. The molecule has 0 atom stereocenters. The van der Waals surface area contributed by atoms with Gasteiger partial charge in [-0.05, 0) is 24.6 Å². The first-order chi connectivity index (χ1) is 9.49. The number of carboxylic acid groups (broad SMARTS) is 1. The fraction of sp³-hybridized carbons (Fsp3) is 0.0769. The summed E-state index contributed by atoms with van der Waals surface area (Å²) < 4.78 is 0.794. The Kier molecular flexibility index (Phi) is 4.09. The SMILES string of the molecule is Cc1ccc(C(=O)Nc2nccnc2C(=O)O)cc1Br. The highest BCUT2D eigenvalue weighted by molar-refractivity contribution is 9.10. The van der Waals surface area contributed by atoms with Crippen molar-refractivity contribution < 1.29 is 14.7 Å². The second kappa shape index (κ2) is 5.79. The number of hydrogen-bond acceptors (Lipinski definition) is 4. The Labute approximate surface area is 123 Å². The van der Waals surface area contributed by atoms with Crippen molar-refractivity contribution in [3.8, 4) is 0 Å². The zero-order valence-corrected chi connectivity index (χ0v) is 12.0. The van der Waals surface area contributed by atoms with Gasteiger partial charge in [-0.25, -0.2) is 14.8 Å². The zero-order chi connectivity index (χ0) is 14.7. The first-order valence-corrected chi connectivity index (χ1v) is 6.40. The minimum Gasteiger partial charge on any atom is -0.476 e. The molecule has 102 valence electrons. The summed E-state index contributed by atoms with van der Waals surface area (Å²) in [6.07, 6.45) is 2.56. The summed E-state index contributed by atoms with van der Waals surface area (Å²) in [6, 6.07) is 5.08. The lowest BCUT2D eigenvalue weighted by molar-refractivity contribution is 0.0691. The molecule has 0 aliphatic carbocycles. The predicted octanol–water partition coefficient (Wildman–Crippen LogP) is 2.50. The van der Waals surface area contributed by atoms with Gasteiger partial charge in [-0.1, -0.05) is 22.0 Å². The second-order valence-electron chi connectivity index (χ2n) is 3.98. The van der Waals surface area contributed by atoms with Gasteiger partial charge in [0.2, 0.25) is 0 Å². The lowest BCUT2D eigenvalue weighted by Gasteiger charge is -2.07. The van der Waals surface area contributed by atoms with Crippen LogP contribution < -0.4 is 5.32 Å². The number of rotatable bonds is 3. The van der Waals surface area contributed by atoms with Crippen LogP contribution in [-0.2, 0) is 0 Å². The van der Waals surface area contributed by atoms with Crippen molar-refractivity contribution in [2.45, 2.75) is 6.92 Å². The number of aromatic nitrogens is 2. The number of aryl methyl sites for hydroxylation is 1. The summed E-state index contributed by atoms with van der Waals surface area (Å²) in [5, 5.41) is 11.4. The highest BCUT2D eigenvalue weighted by atomic mass is 79.9. The lowest BCUT2D eigenvalue weighted by Crippen LogP contribution is -2.17. The number of aromatic carboxylic acids is 1. The molecular weight excluding hydrogens is 326 g/mol. The molecule has 0 aliphatic heterocycles. The largest absolute Gasteiger partial charge is 0.476 e. The van der Waals surface area contributed by atoms with Gasteiger partial charge in [0.25, 0.3) is 5.91 Å². The van der Waals surface area contributed by atoms with Crippen molar-refractivity contribution in [3.63, 3.8) is 0 Å². The van der Waals surface area contributed by atoms with E-state index in [4.69, 9.17) is 5.11 Å². The third-order valence-electron chi connectivity index (χ3n) is 2.57. The van der Waals surface area contributed by atoms with Crippen LogP contribution in [0.25, 0.3) is 0 Å². The molecule has 0 fully saturated rings. The highest BCUT2D eigenvalue weighted by Crippen LogP contribution is 2.18. The van der Waals surface area contributed by atoms with Crippen LogP contribution in [0.1, 0.15) is 26.4 Å². The molecule has 0 unspecified atom stereocenters. The third kappa shape index (κ3) is 3.00. The monoisotopic (exact) mass is 335 g/mol. The zero-order valence-electron chi connectivity index (χ0n) is 10.4. The van der Waals surface area contributed by atoms with Gasteiger partial charge in [-0.15, -0.1) is 0 Å². The van der Waals surface area contributed by atoms with E-state index in [-0.39, 0.29) is 11.5 Å². The molecule has 1 aromatic carbocycles. The average molecular weight is 336 g/mol. The number of hydrogen-bond donors (Lipinski definition) is 2. The van der Waals surface area contributed by atoms with E-state index in [1.165, 1.54) is 12.4 Å². The van der Waals surface area contributed by atoms with Crippen LogP contribution in [0.15, 0.2) is 35.1 Å². The highest BCUT2D eigenvalue weighted by Gasteiger charge is 2.16. The molecular formula is C13H10BrN3O3. The summed E-state index contributed by atoms with van der Waals surface area (Å²) in [7, 11) is 0. The Morgan fingerprint density at radius 2 is 1.95 bits per heavy atom. The van der Waals surface area contributed by atoms with Crippen molar-refractivity contribution in [1.29, 1.82) is 0 Å². The van der Waals surface area contributed by atoms with Crippen molar-refractivity contribution in [2.24, 2.45) is 0 Å². The first-order valence-electron chi connectivity index (χ1n) is 5.61. The maximum Gasteiger partial charge on any atom is 0.358 e. The van der Waals surface area contributed by atoms with Gasteiger partial charge in [-0.3, -0.25) is 4.79 Å². The summed E-state index contributed by atoms with van der Waals surface area (Å²) in [5.41, 5.74) is 1.09. The minimum absolute atomic E-state index is 0.0818. The molecule has 0 saturated carbocycles. The molecule has 0 radical (unpaired) electrons. The maximum atomic E-state index is 12.1. The van der Waals surface area contributed by atoms with Gasteiger partial charge < -0.3 is 10.4 Å². The van der Waals surface area contributed by atoms with Gasteiger partial charge >= 0.3 is 5.97 Å². The number of nitrogens with zero attached hydrogens (tertiary/aromatic N) is 2. The van der Waals surface area contributed by atoms with Crippen LogP contribution in [0.4, 0.5) is 5.82 Å². The number of carboxylic acids is 1. The molecule has 1 heterocycles. The van der Waals surface area contributed by atoms with E-state index in [1.807, 2.05) is 6.92 Å². The van der Waals surface area contributed by atoms with Crippen LogP contribution in [0.2, 0.25) is 0 Å². The van der Waals surface area contributed by atoms with Crippen LogP contribution in [0.5, 0.6) is 0 Å². The fourth-order valence-electron chi connectivity index (χ4n) is 1.50. The summed E-state index contributed by atoms with van der Waals surface area (Å²) in [6.45, 7) is 1.90. The molecule has 2 rings (SSSR count). The van der Waals surface area contributed by atoms with Gasteiger partial charge in [0, 0.05) is 22.4 Å². The molecule has 7 heteroatoms. The van der Waals surface area contributed by atoms with E-state index in [0.717, 1.165) is 10.0 Å². The molecule has 0 saturated heterocycles. The number of nitrogens with one attached hydrogen (secondary N) is 1. The average Bonchev–Trinajstić information content (AvgIpc) is 2.42. The van der Waals surface area contributed by atoms with E-state index in [1.54, 1.807) is 18.2 Å². The second-order valence-corrected chi connectivity index (χ2v) is 4.83. The van der Waals surface area contributed by atoms with Gasteiger partial charge in [0.1, 0.15) is 0 Å². The lowest BCUT2D eigenvalue weighted by atomic mass is 10.1. The molecule has 20 heavy (non-hydrogen) atoms. The topological polar surface area (TPSA) is 92.2 Å². The fourth-order valence-corrected chi connectivity index (χ4v) is 1.88. The van der Waals surface area contributed by atoms with Crippen LogP contribution in [0, 0.1) is 6.92 Å². The maximum absolute atomic E-state index is 12.1. The number of amides is 1. The van der Waals surface area contributed by atoms with Crippen molar-refractivity contribution >= 4 is 33.6 Å².